The minimum Gasteiger partial charge on any atom is -0.496 e. The molecule has 160 valence electrons. The first-order valence-corrected chi connectivity index (χ1v) is 11.0. The molecule has 5 heteroatoms. The molecule has 4 rings (SSSR count). The van der Waals surface area contributed by atoms with Gasteiger partial charge < -0.3 is 10.1 Å². The SMILES string of the molecule is COc1ccccc1-c1nn(Cc2ccccc2)cc1C(=O)NCCC1=CCCCC1. The van der Waals surface area contributed by atoms with Crippen molar-refractivity contribution in [2.45, 2.75) is 38.6 Å². The van der Waals surface area contributed by atoms with E-state index in [0.717, 1.165) is 30.4 Å². The molecule has 31 heavy (non-hydrogen) atoms. The van der Waals surface area contributed by atoms with Gasteiger partial charge in [0.25, 0.3) is 5.91 Å². The molecule has 0 aliphatic heterocycles. The lowest BCUT2D eigenvalue weighted by Gasteiger charge is -2.13. The lowest BCUT2D eigenvalue weighted by Crippen LogP contribution is -2.25. The minimum absolute atomic E-state index is 0.100. The van der Waals surface area contributed by atoms with Crippen molar-refractivity contribution in [1.82, 2.24) is 15.1 Å². The highest BCUT2D eigenvalue weighted by molar-refractivity contribution is 6.00. The quantitative estimate of drug-likeness (QED) is 0.513. The molecule has 1 aliphatic rings. The second-order valence-electron chi connectivity index (χ2n) is 7.89. The van der Waals surface area contributed by atoms with Gasteiger partial charge >= 0.3 is 0 Å². The Morgan fingerprint density at radius 3 is 2.68 bits per heavy atom. The number of para-hydroxylation sites is 1. The van der Waals surface area contributed by atoms with E-state index in [-0.39, 0.29) is 5.91 Å². The van der Waals surface area contributed by atoms with Gasteiger partial charge in [0, 0.05) is 18.3 Å². The number of hydrogen-bond donors (Lipinski definition) is 1. The highest BCUT2D eigenvalue weighted by atomic mass is 16.5. The van der Waals surface area contributed by atoms with Crippen LogP contribution in [0.4, 0.5) is 0 Å². The smallest absolute Gasteiger partial charge is 0.255 e. The zero-order valence-corrected chi connectivity index (χ0v) is 18.0. The van der Waals surface area contributed by atoms with Crippen LogP contribution in [-0.4, -0.2) is 29.3 Å². The third-order valence-corrected chi connectivity index (χ3v) is 5.67. The predicted octanol–water partition coefficient (Wildman–Crippen LogP) is 5.23. The Morgan fingerprint density at radius 1 is 1.10 bits per heavy atom. The summed E-state index contributed by atoms with van der Waals surface area (Å²) in [5, 5.41) is 7.86. The average Bonchev–Trinajstić information content (AvgIpc) is 3.24. The Morgan fingerprint density at radius 2 is 1.90 bits per heavy atom. The number of carbonyl (C=O) groups is 1. The van der Waals surface area contributed by atoms with Crippen LogP contribution in [0.1, 0.15) is 48.0 Å². The molecule has 5 nitrogen and oxygen atoms in total. The first kappa shape index (κ1) is 20.9. The van der Waals surface area contributed by atoms with Gasteiger partial charge in [-0.15, -0.1) is 0 Å². The number of methoxy groups -OCH3 is 1. The highest BCUT2D eigenvalue weighted by Gasteiger charge is 2.20. The van der Waals surface area contributed by atoms with Crippen LogP contribution in [0.25, 0.3) is 11.3 Å². The van der Waals surface area contributed by atoms with Crippen LogP contribution in [0.2, 0.25) is 0 Å². The molecule has 0 atom stereocenters. The van der Waals surface area contributed by atoms with Crippen molar-refractivity contribution in [2.24, 2.45) is 0 Å². The maximum absolute atomic E-state index is 13.1. The fraction of sp³-hybridized carbons (Fsp3) is 0.308. The van der Waals surface area contributed by atoms with E-state index in [4.69, 9.17) is 9.84 Å². The number of amides is 1. The Hall–Kier alpha value is -3.34. The van der Waals surface area contributed by atoms with Gasteiger partial charge in [-0.05, 0) is 49.8 Å². The number of nitrogens with zero attached hydrogens (tertiary/aromatic N) is 2. The van der Waals surface area contributed by atoms with Gasteiger partial charge in [-0.25, -0.2) is 0 Å². The van der Waals surface area contributed by atoms with Gasteiger partial charge in [-0.3, -0.25) is 9.48 Å². The molecule has 3 aromatic rings. The van der Waals surface area contributed by atoms with Crippen molar-refractivity contribution in [3.05, 3.63) is 83.6 Å². The van der Waals surface area contributed by atoms with E-state index in [2.05, 4.69) is 23.5 Å². The van der Waals surface area contributed by atoms with E-state index < -0.39 is 0 Å². The molecular weight excluding hydrogens is 386 g/mol. The Balaban J connectivity index is 1.58. The number of aromatic nitrogens is 2. The summed E-state index contributed by atoms with van der Waals surface area (Å²) in [4.78, 5) is 13.1. The van der Waals surface area contributed by atoms with Crippen molar-refractivity contribution < 1.29 is 9.53 Å². The Labute approximate surface area is 183 Å². The molecule has 2 aromatic carbocycles. The van der Waals surface area contributed by atoms with Crippen LogP contribution in [0.5, 0.6) is 5.75 Å². The van der Waals surface area contributed by atoms with Crippen LogP contribution in [0, 0.1) is 0 Å². The largest absolute Gasteiger partial charge is 0.496 e. The van der Waals surface area contributed by atoms with Gasteiger partial charge in [-0.1, -0.05) is 54.1 Å². The third-order valence-electron chi connectivity index (χ3n) is 5.67. The number of benzene rings is 2. The lowest BCUT2D eigenvalue weighted by atomic mass is 9.97. The summed E-state index contributed by atoms with van der Waals surface area (Å²) in [7, 11) is 1.64. The van der Waals surface area contributed by atoms with Crippen LogP contribution >= 0.6 is 0 Å². The van der Waals surface area contributed by atoms with E-state index in [9.17, 15) is 4.79 Å². The molecule has 0 unspecified atom stereocenters. The van der Waals surface area contributed by atoms with Gasteiger partial charge in [0.05, 0.1) is 19.2 Å². The van der Waals surface area contributed by atoms with Crippen LogP contribution in [-0.2, 0) is 6.54 Å². The maximum Gasteiger partial charge on any atom is 0.255 e. The maximum atomic E-state index is 13.1. The van der Waals surface area contributed by atoms with Crippen molar-refractivity contribution in [2.75, 3.05) is 13.7 Å². The zero-order valence-electron chi connectivity index (χ0n) is 18.0. The molecule has 1 heterocycles. The molecule has 1 N–H and O–H groups in total. The van der Waals surface area contributed by atoms with Gasteiger partial charge in [0.15, 0.2) is 0 Å². The van der Waals surface area contributed by atoms with E-state index in [0.29, 0.717) is 30.1 Å². The monoisotopic (exact) mass is 415 g/mol. The first-order chi connectivity index (χ1) is 15.2. The van der Waals surface area contributed by atoms with Gasteiger partial charge in [0.2, 0.25) is 0 Å². The summed E-state index contributed by atoms with van der Waals surface area (Å²) in [5.74, 6) is 0.602. The molecule has 1 amide bonds. The summed E-state index contributed by atoms with van der Waals surface area (Å²) in [5.41, 5.74) is 4.61. The predicted molar refractivity (Wildman–Crippen MR) is 123 cm³/mol. The van der Waals surface area contributed by atoms with Crippen molar-refractivity contribution in [3.63, 3.8) is 0 Å². The molecule has 0 radical (unpaired) electrons. The van der Waals surface area contributed by atoms with E-state index in [1.165, 1.54) is 18.4 Å². The second-order valence-corrected chi connectivity index (χ2v) is 7.89. The van der Waals surface area contributed by atoms with Crippen molar-refractivity contribution in [1.29, 1.82) is 0 Å². The summed E-state index contributed by atoms with van der Waals surface area (Å²) in [6, 6.07) is 17.8. The standard InChI is InChI=1S/C26H29N3O2/c1-31-24-15-9-8-14-22(24)25-23(19-29(28-25)18-21-12-6-3-7-13-21)26(30)27-17-16-20-10-4-2-5-11-20/h3,6-10,12-15,19H,2,4-5,11,16-18H2,1H3,(H,27,30). The van der Waals surface area contributed by atoms with Crippen LogP contribution in [0.3, 0.4) is 0 Å². The average molecular weight is 416 g/mol. The van der Waals surface area contributed by atoms with E-state index >= 15 is 0 Å². The van der Waals surface area contributed by atoms with Crippen LogP contribution in [0.15, 0.2) is 72.4 Å². The number of allylic oxidation sites excluding steroid dienone is 1. The number of carbonyl (C=O) groups excluding carboxylic acids is 1. The lowest BCUT2D eigenvalue weighted by molar-refractivity contribution is 0.0954. The molecule has 0 saturated heterocycles. The van der Waals surface area contributed by atoms with Crippen molar-refractivity contribution >= 4 is 5.91 Å². The fourth-order valence-corrected chi connectivity index (χ4v) is 4.04. The van der Waals surface area contributed by atoms with E-state index in [1.54, 1.807) is 7.11 Å². The summed E-state index contributed by atoms with van der Waals surface area (Å²) in [6.45, 7) is 1.24. The Bertz CT molecular complexity index is 1050. The minimum atomic E-state index is -0.100. The highest BCUT2D eigenvalue weighted by Crippen LogP contribution is 2.31. The normalized spacial score (nSPS) is 13.5. The number of ether oxygens (including phenoxy) is 1. The first-order valence-electron chi connectivity index (χ1n) is 11.0. The topological polar surface area (TPSA) is 56.2 Å². The molecule has 1 aliphatic carbocycles. The summed E-state index contributed by atoms with van der Waals surface area (Å²) >= 11 is 0. The molecule has 1 aromatic heterocycles. The number of rotatable bonds is 8. The number of hydrogen-bond acceptors (Lipinski definition) is 3. The molecule has 0 saturated carbocycles. The Kier molecular flexibility index (Phi) is 6.82. The van der Waals surface area contributed by atoms with Crippen molar-refractivity contribution in [3.8, 4) is 17.0 Å². The fourth-order valence-electron chi connectivity index (χ4n) is 4.04. The zero-order chi connectivity index (χ0) is 21.5. The molecule has 0 fully saturated rings. The molecular formula is C26H29N3O2. The number of nitrogens with one attached hydrogen (secondary N) is 1. The second kappa shape index (κ2) is 10.1. The summed E-state index contributed by atoms with van der Waals surface area (Å²) < 4.78 is 7.36. The molecule has 0 spiro atoms. The third kappa shape index (κ3) is 5.23. The molecule has 0 bridgehead atoms. The van der Waals surface area contributed by atoms with Crippen LogP contribution < -0.4 is 10.1 Å². The van der Waals surface area contributed by atoms with E-state index in [1.807, 2.05) is 53.3 Å². The van der Waals surface area contributed by atoms with Gasteiger partial charge in [0.1, 0.15) is 11.4 Å². The summed E-state index contributed by atoms with van der Waals surface area (Å²) in [6.07, 6.45) is 9.92. The van der Waals surface area contributed by atoms with Gasteiger partial charge in [-0.2, -0.15) is 5.10 Å².